The fourth-order valence-electron chi connectivity index (χ4n) is 5.37. The van der Waals surface area contributed by atoms with Crippen molar-refractivity contribution >= 4 is 27.9 Å². The third-order valence-electron chi connectivity index (χ3n) is 7.42. The fraction of sp³-hybridized carbons (Fsp3) is 0.577. The van der Waals surface area contributed by atoms with E-state index in [2.05, 4.69) is 4.72 Å². The lowest BCUT2D eigenvalue weighted by Gasteiger charge is -2.44. The first-order valence-electron chi connectivity index (χ1n) is 12.9. The minimum absolute atomic E-state index is 0.00432. The van der Waals surface area contributed by atoms with Crippen molar-refractivity contribution in [2.75, 3.05) is 0 Å². The lowest BCUT2D eigenvalue weighted by atomic mass is 9.82. The second-order valence-corrected chi connectivity index (χ2v) is 13.0. The van der Waals surface area contributed by atoms with Crippen LogP contribution in [0.25, 0.3) is 0 Å². The van der Waals surface area contributed by atoms with Crippen molar-refractivity contribution in [1.82, 2.24) is 9.62 Å². The normalized spacial score (nSPS) is 23.4. The highest BCUT2D eigenvalue weighted by atomic mass is 32.2. The third kappa shape index (κ3) is 7.82. The molecule has 0 aromatic heterocycles. The highest BCUT2D eigenvalue weighted by Gasteiger charge is 2.50. The zero-order chi connectivity index (χ0) is 30.0. The number of rotatable bonds is 9. The molecule has 5 N–H and O–H groups in total. The van der Waals surface area contributed by atoms with Gasteiger partial charge >= 0.3 is 11.9 Å². The summed E-state index contributed by atoms with van der Waals surface area (Å²) in [4.78, 5) is 34.2. The number of aliphatic carboxylic acids is 2. The molecule has 1 amide bonds. The van der Waals surface area contributed by atoms with Gasteiger partial charge in [0.1, 0.15) is 11.4 Å². The number of nitrogens with two attached hydrogens (primary N) is 1. The SMILES string of the molecule is CC(C)(NS(=O)(=O)C1CC1)C(=O)N1C2CCC1CC([C@H](N)Cc1cc(F)c(F)cc1F)C2.O=C(O)/C=C\C(=O)O. The molecule has 1 aromatic rings. The van der Waals surface area contributed by atoms with Crippen LogP contribution >= 0.6 is 0 Å². The number of amides is 1. The summed E-state index contributed by atoms with van der Waals surface area (Å²) < 4.78 is 68.1. The molecule has 2 unspecified atom stereocenters. The summed E-state index contributed by atoms with van der Waals surface area (Å²) in [5.74, 6) is -5.92. The average Bonchev–Trinajstić information content (AvgIpc) is 3.67. The number of carboxylic acids is 2. The van der Waals surface area contributed by atoms with Crippen molar-refractivity contribution in [3.8, 4) is 0 Å². The summed E-state index contributed by atoms with van der Waals surface area (Å²) in [7, 11) is -3.52. The zero-order valence-electron chi connectivity index (χ0n) is 22.1. The van der Waals surface area contributed by atoms with Crippen LogP contribution in [-0.2, 0) is 30.8 Å². The van der Waals surface area contributed by atoms with Gasteiger partial charge in [0.25, 0.3) is 0 Å². The molecule has 40 heavy (non-hydrogen) atoms. The summed E-state index contributed by atoms with van der Waals surface area (Å²) >= 11 is 0. The lowest BCUT2D eigenvalue weighted by molar-refractivity contribution is -0.142. The molecular formula is C26H34F3N3O7S. The Labute approximate surface area is 230 Å². The van der Waals surface area contributed by atoms with Crippen LogP contribution in [0.2, 0.25) is 0 Å². The summed E-state index contributed by atoms with van der Waals surface area (Å²) in [5.41, 5.74) is 5.14. The molecule has 0 radical (unpaired) electrons. The second kappa shape index (κ2) is 12.3. The highest BCUT2D eigenvalue weighted by molar-refractivity contribution is 7.90. The smallest absolute Gasteiger partial charge is 0.328 e. The number of carbonyl (C=O) groups is 3. The number of carboxylic acid groups (broad SMARTS) is 2. The Kier molecular flexibility index (Phi) is 9.68. The molecule has 0 spiro atoms. The number of hydrogen-bond acceptors (Lipinski definition) is 6. The van der Waals surface area contributed by atoms with Gasteiger partial charge in [-0.1, -0.05) is 0 Å². The van der Waals surface area contributed by atoms with Crippen LogP contribution in [0.4, 0.5) is 13.2 Å². The minimum Gasteiger partial charge on any atom is -0.478 e. The number of nitrogens with zero attached hydrogens (tertiary/aromatic N) is 1. The number of sulfonamides is 1. The van der Waals surface area contributed by atoms with Gasteiger partial charge in [0.05, 0.1) is 5.25 Å². The molecule has 1 saturated carbocycles. The predicted octanol–water partition coefficient (Wildman–Crippen LogP) is 2.32. The van der Waals surface area contributed by atoms with E-state index in [0.29, 0.717) is 43.9 Å². The van der Waals surface area contributed by atoms with Gasteiger partial charge < -0.3 is 20.8 Å². The predicted molar refractivity (Wildman–Crippen MR) is 138 cm³/mol. The standard InChI is InChI=1S/C22H30F3N3O3S.C4H4O4/c1-22(2,27-32(30,31)16-5-6-16)21(29)28-14-3-4-15(28)8-13(7-14)20(26)10-12-9-18(24)19(25)11-17(12)23;5-3(6)1-2-4(7)8/h9,11,13-16,20,27H,3-8,10,26H2,1-2H3;1-2H,(H,5,6)(H,7,8)/b;2-1-/t13?,14?,15?,20-;/m1./s1. The molecule has 2 bridgehead atoms. The Morgan fingerprint density at radius 3 is 1.98 bits per heavy atom. The number of nitrogens with one attached hydrogen (secondary N) is 1. The van der Waals surface area contributed by atoms with E-state index in [-0.39, 0.29) is 35.9 Å². The van der Waals surface area contributed by atoms with Crippen molar-refractivity contribution in [2.24, 2.45) is 11.7 Å². The molecule has 4 rings (SSSR count). The minimum atomic E-state index is -3.52. The van der Waals surface area contributed by atoms with Gasteiger partial charge in [-0.15, -0.1) is 0 Å². The van der Waals surface area contributed by atoms with Gasteiger partial charge in [0, 0.05) is 36.3 Å². The monoisotopic (exact) mass is 589 g/mol. The van der Waals surface area contributed by atoms with E-state index in [0.717, 1.165) is 18.9 Å². The van der Waals surface area contributed by atoms with Gasteiger partial charge in [-0.05, 0) is 76.3 Å². The molecule has 1 aliphatic carbocycles. The number of carbonyl (C=O) groups excluding carboxylic acids is 1. The van der Waals surface area contributed by atoms with Crippen molar-refractivity contribution in [1.29, 1.82) is 0 Å². The molecule has 10 nitrogen and oxygen atoms in total. The van der Waals surface area contributed by atoms with Gasteiger partial charge in [-0.3, -0.25) is 4.79 Å². The van der Waals surface area contributed by atoms with Crippen molar-refractivity contribution in [3.63, 3.8) is 0 Å². The van der Waals surface area contributed by atoms with Crippen LogP contribution in [0.5, 0.6) is 0 Å². The Balaban J connectivity index is 0.000000482. The lowest BCUT2D eigenvalue weighted by Crippen LogP contribution is -2.61. The van der Waals surface area contributed by atoms with E-state index in [1.54, 1.807) is 18.7 Å². The molecule has 2 saturated heterocycles. The summed E-state index contributed by atoms with van der Waals surface area (Å²) in [6.45, 7) is 3.19. The van der Waals surface area contributed by atoms with Gasteiger partial charge in [0.2, 0.25) is 15.9 Å². The Bertz CT molecular complexity index is 1250. The summed E-state index contributed by atoms with van der Waals surface area (Å²) in [6, 6.07) is 0.782. The van der Waals surface area contributed by atoms with Gasteiger partial charge in [0.15, 0.2) is 11.6 Å². The molecule has 2 aliphatic heterocycles. The van der Waals surface area contributed by atoms with Crippen LogP contribution in [0.1, 0.15) is 57.9 Å². The van der Waals surface area contributed by atoms with Gasteiger partial charge in [-0.25, -0.2) is 31.2 Å². The van der Waals surface area contributed by atoms with E-state index in [1.807, 2.05) is 0 Å². The molecular weight excluding hydrogens is 555 g/mol. The number of benzene rings is 1. The van der Waals surface area contributed by atoms with E-state index in [4.69, 9.17) is 15.9 Å². The third-order valence-corrected chi connectivity index (χ3v) is 9.56. The molecule has 3 fully saturated rings. The maximum Gasteiger partial charge on any atom is 0.328 e. The average molecular weight is 590 g/mol. The first kappa shape index (κ1) is 31.6. The summed E-state index contributed by atoms with van der Waals surface area (Å²) in [5, 5.41) is 15.2. The number of fused-ring (bicyclic) bond motifs is 2. The highest BCUT2D eigenvalue weighted by Crippen LogP contribution is 2.41. The van der Waals surface area contributed by atoms with E-state index in [1.165, 1.54) is 0 Å². The number of halogens is 3. The van der Waals surface area contributed by atoms with Crippen LogP contribution < -0.4 is 10.5 Å². The molecule has 3 atom stereocenters. The van der Waals surface area contributed by atoms with E-state index >= 15 is 0 Å². The topological polar surface area (TPSA) is 167 Å². The van der Waals surface area contributed by atoms with E-state index < -0.39 is 56.2 Å². The van der Waals surface area contributed by atoms with Crippen LogP contribution in [-0.4, -0.2) is 70.3 Å². The van der Waals surface area contributed by atoms with Crippen molar-refractivity contribution in [2.45, 2.75) is 87.7 Å². The molecule has 1 aromatic carbocycles. The van der Waals surface area contributed by atoms with Crippen LogP contribution in [0.15, 0.2) is 24.3 Å². The Hall–Kier alpha value is -2.97. The van der Waals surface area contributed by atoms with Crippen LogP contribution in [0, 0.1) is 23.4 Å². The Morgan fingerprint density at radius 2 is 1.50 bits per heavy atom. The first-order chi connectivity index (χ1) is 18.5. The van der Waals surface area contributed by atoms with Crippen molar-refractivity contribution < 1.29 is 46.2 Å². The fourth-order valence-corrected chi connectivity index (χ4v) is 7.09. The number of piperidine rings is 1. The maximum absolute atomic E-state index is 14.0. The zero-order valence-corrected chi connectivity index (χ0v) is 23.0. The Morgan fingerprint density at radius 1 is 1.00 bits per heavy atom. The molecule has 14 heteroatoms. The molecule has 3 aliphatic rings. The molecule has 222 valence electrons. The molecule has 2 heterocycles. The van der Waals surface area contributed by atoms with Crippen LogP contribution in [0.3, 0.4) is 0 Å². The summed E-state index contributed by atoms with van der Waals surface area (Å²) in [6.07, 6.45) is 5.24. The van der Waals surface area contributed by atoms with Gasteiger partial charge in [-0.2, -0.15) is 4.72 Å². The van der Waals surface area contributed by atoms with Crippen molar-refractivity contribution in [3.05, 3.63) is 47.3 Å². The van der Waals surface area contributed by atoms with E-state index in [9.17, 15) is 36.0 Å². The second-order valence-electron chi connectivity index (χ2n) is 11.0. The first-order valence-corrected chi connectivity index (χ1v) is 14.4. The maximum atomic E-state index is 14.0. The number of hydrogen-bond donors (Lipinski definition) is 4. The quantitative estimate of drug-likeness (QED) is 0.252. The largest absolute Gasteiger partial charge is 0.478 e.